The first-order chi connectivity index (χ1) is 13.9. The number of benzene rings is 1. The average Bonchev–Trinajstić information content (AvgIpc) is 3.26. The zero-order valence-electron chi connectivity index (χ0n) is 15.3. The Labute approximate surface area is 182 Å². The van der Waals surface area contributed by atoms with E-state index in [0.29, 0.717) is 46.7 Å². The molecule has 0 saturated carbocycles. The van der Waals surface area contributed by atoms with Gasteiger partial charge in [0, 0.05) is 42.3 Å². The molecule has 0 radical (unpaired) electrons. The van der Waals surface area contributed by atoms with E-state index in [-0.39, 0.29) is 18.4 Å². The first-order valence-electron chi connectivity index (χ1n) is 8.84. The monoisotopic (exact) mass is 452 g/mol. The molecule has 0 atom stereocenters. The lowest BCUT2D eigenvalue weighted by molar-refractivity contribution is -0.148. The predicted molar refractivity (Wildman–Crippen MR) is 113 cm³/mol. The molecule has 3 rings (SSSR count). The number of hydrogen-bond donors (Lipinski definition) is 0. The number of carbonyl (C=O) groups is 3. The molecule has 2 aromatic rings. The van der Waals surface area contributed by atoms with E-state index in [1.165, 1.54) is 23.5 Å². The number of thiophene rings is 1. The fraction of sp³-hybridized carbons (Fsp3) is 0.250. The molecule has 9 heteroatoms. The average molecular weight is 453 g/mol. The van der Waals surface area contributed by atoms with Gasteiger partial charge in [0.15, 0.2) is 6.61 Å². The van der Waals surface area contributed by atoms with E-state index in [2.05, 4.69) is 0 Å². The number of esters is 1. The highest BCUT2D eigenvalue weighted by molar-refractivity contribution is 7.12. The Bertz CT molecular complexity index is 923. The summed E-state index contributed by atoms with van der Waals surface area (Å²) in [6, 6.07) is 8.53. The minimum atomic E-state index is -0.643. The van der Waals surface area contributed by atoms with Crippen molar-refractivity contribution < 1.29 is 19.1 Å². The smallest absolute Gasteiger partial charge is 0.331 e. The third-order valence-corrected chi connectivity index (χ3v) is 5.77. The van der Waals surface area contributed by atoms with Crippen LogP contribution in [0.2, 0.25) is 10.0 Å². The second-order valence-corrected chi connectivity index (χ2v) is 8.05. The van der Waals surface area contributed by atoms with Crippen molar-refractivity contribution in [1.29, 1.82) is 0 Å². The highest BCUT2D eigenvalue weighted by Gasteiger charge is 2.25. The molecule has 0 bridgehead atoms. The summed E-state index contributed by atoms with van der Waals surface area (Å²) >= 11 is 13.3. The van der Waals surface area contributed by atoms with Crippen LogP contribution in [0.1, 0.15) is 15.2 Å². The van der Waals surface area contributed by atoms with Gasteiger partial charge in [0.2, 0.25) is 0 Å². The molecule has 152 valence electrons. The maximum Gasteiger partial charge on any atom is 0.331 e. The molecule has 1 saturated heterocycles. The van der Waals surface area contributed by atoms with Gasteiger partial charge < -0.3 is 14.5 Å². The molecular formula is C20H18Cl2N2O4S. The van der Waals surface area contributed by atoms with Crippen LogP contribution in [0.5, 0.6) is 0 Å². The van der Waals surface area contributed by atoms with E-state index >= 15 is 0 Å². The summed E-state index contributed by atoms with van der Waals surface area (Å²) < 4.78 is 5.01. The lowest BCUT2D eigenvalue weighted by Crippen LogP contribution is -2.51. The molecule has 0 unspecified atom stereocenters. The Morgan fingerprint density at radius 3 is 2.45 bits per heavy atom. The first kappa shape index (κ1) is 21.4. The SMILES string of the molecule is O=C(/C=C/c1ccc(Cl)cc1Cl)OCC(=O)N1CCN(C(=O)c2cccs2)CC1. The lowest BCUT2D eigenvalue weighted by atomic mass is 10.2. The summed E-state index contributed by atoms with van der Waals surface area (Å²) in [4.78, 5) is 40.4. The van der Waals surface area contributed by atoms with Crippen molar-refractivity contribution in [1.82, 2.24) is 9.80 Å². The molecule has 6 nitrogen and oxygen atoms in total. The van der Waals surface area contributed by atoms with E-state index in [1.54, 1.807) is 34.1 Å². The van der Waals surface area contributed by atoms with Crippen LogP contribution < -0.4 is 0 Å². The number of piperazine rings is 1. The number of halogens is 2. The van der Waals surface area contributed by atoms with Gasteiger partial charge in [-0.25, -0.2) is 4.79 Å². The van der Waals surface area contributed by atoms with Crippen molar-refractivity contribution in [3.63, 3.8) is 0 Å². The fourth-order valence-corrected chi connectivity index (χ4v) is 3.94. The van der Waals surface area contributed by atoms with Crippen LogP contribution in [-0.4, -0.2) is 60.4 Å². The molecule has 2 heterocycles. The second kappa shape index (κ2) is 9.91. The predicted octanol–water partition coefficient (Wildman–Crippen LogP) is 3.60. The molecule has 29 heavy (non-hydrogen) atoms. The zero-order valence-corrected chi connectivity index (χ0v) is 17.7. The van der Waals surface area contributed by atoms with Crippen molar-refractivity contribution in [2.24, 2.45) is 0 Å². The fourth-order valence-electron chi connectivity index (χ4n) is 2.78. The summed E-state index contributed by atoms with van der Waals surface area (Å²) in [6.07, 6.45) is 2.71. The highest BCUT2D eigenvalue weighted by Crippen LogP contribution is 2.22. The second-order valence-electron chi connectivity index (χ2n) is 6.26. The number of rotatable bonds is 5. The van der Waals surface area contributed by atoms with Crippen LogP contribution in [0.4, 0.5) is 0 Å². The summed E-state index contributed by atoms with van der Waals surface area (Å²) in [7, 11) is 0. The Morgan fingerprint density at radius 2 is 1.79 bits per heavy atom. The molecule has 0 aliphatic carbocycles. The van der Waals surface area contributed by atoms with Gasteiger partial charge in [-0.3, -0.25) is 9.59 Å². The normalized spacial score (nSPS) is 14.3. The summed E-state index contributed by atoms with van der Waals surface area (Å²) in [6.45, 7) is 1.36. The molecule has 1 aromatic carbocycles. The quantitative estimate of drug-likeness (QED) is 0.513. The van der Waals surface area contributed by atoms with E-state index in [0.717, 1.165) is 0 Å². The molecular weight excluding hydrogens is 435 g/mol. The summed E-state index contributed by atoms with van der Waals surface area (Å²) in [5.74, 6) is -0.958. The van der Waals surface area contributed by atoms with Gasteiger partial charge in [0.1, 0.15) is 0 Å². The molecule has 1 fully saturated rings. The lowest BCUT2D eigenvalue weighted by Gasteiger charge is -2.34. The molecule has 1 aromatic heterocycles. The first-order valence-corrected chi connectivity index (χ1v) is 10.5. The van der Waals surface area contributed by atoms with Gasteiger partial charge in [0.25, 0.3) is 11.8 Å². The minimum absolute atomic E-state index is 0.0236. The van der Waals surface area contributed by atoms with Crippen molar-refractivity contribution in [3.05, 3.63) is 62.3 Å². The van der Waals surface area contributed by atoms with Gasteiger partial charge >= 0.3 is 5.97 Å². The van der Waals surface area contributed by atoms with Gasteiger partial charge in [-0.15, -0.1) is 11.3 Å². The molecule has 0 N–H and O–H groups in total. The maximum absolute atomic E-state index is 12.3. The molecule has 0 spiro atoms. The Morgan fingerprint density at radius 1 is 1.07 bits per heavy atom. The van der Waals surface area contributed by atoms with Gasteiger partial charge in [-0.1, -0.05) is 35.3 Å². The summed E-state index contributed by atoms with van der Waals surface area (Å²) in [5.41, 5.74) is 0.617. The van der Waals surface area contributed by atoms with E-state index in [4.69, 9.17) is 27.9 Å². The van der Waals surface area contributed by atoms with Crippen molar-refractivity contribution in [2.75, 3.05) is 32.8 Å². The number of ether oxygens (including phenoxy) is 1. The van der Waals surface area contributed by atoms with Crippen LogP contribution in [0, 0.1) is 0 Å². The minimum Gasteiger partial charge on any atom is -0.452 e. The van der Waals surface area contributed by atoms with E-state index < -0.39 is 5.97 Å². The third kappa shape index (κ3) is 5.82. The number of nitrogens with zero attached hydrogens (tertiary/aromatic N) is 2. The largest absolute Gasteiger partial charge is 0.452 e. The van der Waals surface area contributed by atoms with E-state index in [1.807, 2.05) is 11.4 Å². The molecule has 1 aliphatic rings. The van der Waals surface area contributed by atoms with Crippen molar-refractivity contribution >= 4 is 58.4 Å². The maximum atomic E-state index is 12.3. The van der Waals surface area contributed by atoms with Gasteiger partial charge in [-0.2, -0.15) is 0 Å². The Hall–Kier alpha value is -2.35. The standard InChI is InChI=1S/C20H18Cl2N2O4S/c21-15-5-3-14(16(22)12-15)4-6-19(26)28-13-18(25)23-7-9-24(10-8-23)20(27)17-2-1-11-29-17/h1-6,11-12H,7-10,13H2/b6-4+. The van der Waals surface area contributed by atoms with Gasteiger partial charge in [-0.05, 0) is 35.2 Å². The number of hydrogen-bond acceptors (Lipinski definition) is 5. The molecule has 2 amide bonds. The van der Waals surface area contributed by atoms with Gasteiger partial charge in [0.05, 0.1) is 4.88 Å². The summed E-state index contributed by atoms with van der Waals surface area (Å²) in [5, 5.41) is 2.77. The zero-order chi connectivity index (χ0) is 20.8. The third-order valence-electron chi connectivity index (χ3n) is 4.35. The van der Waals surface area contributed by atoms with Crippen LogP contribution in [0.25, 0.3) is 6.08 Å². The van der Waals surface area contributed by atoms with Crippen LogP contribution in [0.15, 0.2) is 41.8 Å². The van der Waals surface area contributed by atoms with Crippen LogP contribution in [-0.2, 0) is 14.3 Å². The highest BCUT2D eigenvalue weighted by atomic mass is 35.5. The number of amides is 2. The van der Waals surface area contributed by atoms with Crippen LogP contribution in [0.3, 0.4) is 0 Å². The van der Waals surface area contributed by atoms with Crippen molar-refractivity contribution in [2.45, 2.75) is 0 Å². The van der Waals surface area contributed by atoms with Crippen LogP contribution >= 0.6 is 34.5 Å². The molecule has 1 aliphatic heterocycles. The van der Waals surface area contributed by atoms with E-state index in [9.17, 15) is 14.4 Å². The Kier molecular flexibility index (Phi) is 7.30. The number of carbonyl (C=O) groups excluding carboxylic acids is 3. The Balaban J connectivity index is 1.43. The topological polar surface area (TPSA) is 66.9 Å². The van der Waals surface area contributed by atoms with Crippen molar-refractivity contribution in [3.8, 4) is 0 Å².